The van der Waals surface area contributed by atoms with Gasteiger partial charge in [-0.05, 0) is 6.07 Å². The molecule has 1 rings (SSSR count). The van der Waals surface area contributed by atoms with Crippen LogP contribution in [-0.4, -0.2) is 36.1 Å². The molecular weight excluding hydrogens is 247 g/mol. The molecule has 0 aliphatic rings. The minimum atomic E-state index is -4.41. The van der Waals surface area contributed by atoms with Crippen molar-refractivity contribution in [3.63, 3.8) is 0 Å². The summed E-state index contributed by atoms with van der Waals surface area (Å²) in [6, 6.07) is 0.966. The third-order valence-corrected chi connectivity index (χ3v) is 2.39. The lowest BCUT2D eigenvalue weighted by molar-refractivity contribution is -0.141. The van der Waals surface area contributed by atoms with Crippen LogP contribution in [0.25, 0.3) is 0 Å². The summed E-state index contributed by atoms with van der Waals surface area (Å²) in [6.45, 7) is 4.74. The predicted molar refractivity (Wildman–Crippen MR) is 61.3 cm³/mol. The van der Waals surface area contributed by atoms with E-state index < -0.39 is 11.9 Å². The fourth-order valence-electron chi connectivity index (χ4n) is 1.49. The molecule has 0 spiro atoms. The van der Waals surface area contributed by atoms with Crippen LogP contribution >= 0.6 is 0 Å². The summed E-state index contributed by atoms with van der Waals surface area (Å²) < 4.78 is 43.6. The quantitative estimate of drug-likeness (QED) is 0.856. The largest absolute Gasteiger partial charge is 0.435 e. The van der Waals surface area contributed by atoms with E-state index in [1.807, 2.05) is 13.8 Å². The molecule has 0 saturated heterocycles. The lowest BCUT2D eigenvalue weighted by atomic mass is 10.3. The molecule has 1 aromatic rings. The van der Waals surface area contributed by atoms with E-state index in [2.05, 4.69) is 10.4 Å². The SMILES string of the molecule is COCC(CNC(C)C)n1ccc(C(F)(F)F)n1. The number of rotatable bonds is 6. The number of hydrogen-bond donors (Lipinski definition) is 1. The standard InChI is InChI=1S/C11H18F3N3O/c1-8(2)15-6-9(7-18-3)17-5-4-10(16-17)11(12,13)14/h4-5,8-9,15H,6-7H2,1-3H3. The monoisotopic (exact) mass is 265 g/mol. The molecule has 0 radical (unpaired) electrons. The normalized spacial score (nSPS) is 14.2. The third kappa shape index (κ3) is 4.30. The minimum absolute atomic E-state index is 0.252. The van der Waals surface area contributed by atoms with Crippen LogP contribution in [0.3, 0.4) is 0 Å². The number of nitrogens with one attached hydrogen (secondary N) is 1. The fourth-order valence-corrected chi connectivity index (χ4v) is 1.49. The van der Waals surface area contributed by atoms with Gasteiger partial charge in [0.1, 0.15) is 0 Å². The van der Waals surface area contributed by atoms with Gasteiger partial charge in [-0.2, -0.15) is 18.3 Å². The summed E-state index contributed by atoms with van der Waals surface area (Å²) in [4.78, 5) is 0. The first-order valence-corrected chi connectivity index (χ1v) is 5.69. The Morgan fingerprint density at radius 1 is 1.44 bits per heavy atom. The number of ether oxygens (including phenoxy) is 1. The zero-order chi connectivity index (χ0) is 13.8. The zero-order valence-corrected chi connectivity index (χ0v) is 10.7. The van der Waals surface area contributed by atoms with E-state index in [1.165, 1.54) is 18.0 Å². The maximum Gasteiger partial charge on any atom is 0.435 e. The van der Waals surface area contributed by atoms with Gasteiger partial charge in [0.2, 0.25) is 0 Å². The molecule has 1 heterocycles. The lowest BCUT2D eigenvalue weighted by Crippen LogP contribution is -2.33. The van der Waals surface area contributed by atoms with Crippen molar-refractivity contribution in [3.8, 4) is 0 Å². The number of alkyl halides is 3. The molecule has 1 N–H and O–H groups in total. The molecule has 1 unspecified atom stereocenters. The first-order valence-electron chi connectivity index (χ1n) is 5.69. The highest BCUT2D eigenvalue weighted by Gasteiger charge is 2.34. The van der Waals surface area contributed by atoms with E-state index in [0.29, 0.717) is 13.2 Å². The van der Waals surface area contributed by atoms with Crippen LogP contribution < -0.4 is 5.32 Å². The van der Waals surface area contributed by atoms with Gasteiger partial charge in [0.15, 0.2) is 5.69 Å². The summed E-state index contributed by atoms with van der Waals surface area (Å²) in [5.41, 5.74) is -0.881. The molecule has 4 nitrogen and oxygen atoms in total. The summed E-state index contributed by atoms with van der Waals surface area (Å²) in [5, 5.41) is 6.70. The van der Waals surface area contributed by atoms with Crippen molar-refractivity contribution in [1.29, 1.82) is 0 Å². The molecule has 0 fully saturated rings. The van der Waals surface area contributed by atoms with Crippen LogP contribution in [0.5, 0.6) is 0 Å². The molecule has 7 heteroatoms. The van der Waals surface area contributed by atoms with E-state index in [-0.39, 0.29) is 12.1 Å². The second kappa shape index (κ2) is 6.19. The maximum atomic E-state index is 12.4. The van der Waals surface area contributed by atoms with Crippen LogP contribution in [0, 0.1) is 0 Å². The zero-order valence-electron chi connectivity index (χ0n) is 10.7. The summed E-state index contributed by atoms with van der Waals surface area (Å²) in [6.07, 6.45) is -3.08. The molecule has 0 amide bonds. The maximum absolute atomic E-state index is 12.4. The van der Waals surface area contributed by atoms with Crippen molar-refractivity contribution in [2.45, 2.75) is 32.1 Å². The Bertz CT molecular complexity index is 363. The van der Waals surface area contributed by atoms with Gasteiger partial charge in [-0.1, -0.05) is 13.8 Å². The molecule has 0 saturated carbocycles. The highest BCUT2D eigenvalue weighted by Crippen LogP contribution is 2.27. The van der Waals surface area contributed by atoms with Crippen molar-refractivity contribution in [3.05, 3.63) is 18.0 Å². The van der Waals surface area contributed by atoms with E-state index >= 15 is 0 Å². The highest BCUT2D eigenvalue weighted by atomic mass is 19.4. The Hall–Kier alpha value is -1.08. The fraction of sp³-hybridized carbons (Fsp3) is 0.727. The number of nitrogens with zero attached hydrogens (tertiary/aromatic N) is 2. The van der Waals surface area contributed by atoms with Gasteiger partial charge in [0.05, 0.1) is 12.6 Å². The first kappa shape index (κ1) is 15.0. The highest BCUT2D eigenvalue weighted by molar-refractivity contribution is 5.04. The average Bonchev–Trinajstić information content (AvgIpc) is 2.72. The van der Waals surface area contributed by atoms with E-state index in [9.17, 15) is 13.2 Å². The van der Waals surface area contributed by atoms with Gasteiger partial charge in [0.25, 0.3) is 0 Å². The first-order chi connectivity index (χ1) is 8.34. The molecule has 1 aromatic heterocycles. The van der Waals surface area contributed by atoms with Crippen LogP contribution in [0.2, 0.25) is 0 Å². The Morgan fingerprint density at radius 2 is 2.11 bits per heavy atom. The van der Waals surface area contributed by atoms with Crippen molar-refractivity contribution in [1.82, 2.24) is 15.1 Å². The Morgan fingerprint density at radius 3 is 2.56 bits per heavy atom. The summed E-state index contributed by atoms with van der Waals surface area (Å²) >= 11 is 0. The topological polar surface area (TPSA) is 39.1 Å². The van der Waals surface area contributed by atoms with Crippen molar-refractivity contribution < 1.29 is 17.9 Å². The lowest BCUT2D eigenvalue weighted by Gasteiger charge is -2.19. The molecule has 0 aliphatic carbocycles. The third-order valence-electron chi connectivity index (χ3n) is 2.39. The number of halogens is 3. The second-order valence-corrected chi connectivity index (χ2v) is 4.35. The van der Waals surface area contributed by atoms with Gasteiger partial charge >= 0.3 is 6.18 Å². The van der Waals surface area contributed by atoms with E-state index in [4.69, 9.17) is 4.74 Å². The molecular formula is C11H18F3N3O. The Labute approximate surface area is 104 Å². The number of methoxy groups -OCH3 is 1. The molecule has 0 aliphatic heterocycles. The van der Waals surface area contributed by atoms with Gasteiger partial charge < -0.3 is 10.1 Å². The second-order valence-electron chi connectivity index (χ2n) is 4.35. The molecule has 0 aromatic carbocycles. The Kier molecular flexibility index (Phi) is 5.15. The van der Waals surface area contributed by atoms with Gasteiger partial charge in [-0.15, -0.1) is 0 Å². The van der Waals surface area contributed by atoms with Crippen LogP contribution in [0.4, 0.5) is 13.2 Å². The van der Waals surface area contributed by atoms with Crippen LogP contribution in [0.15, 0.2) is 12.3 Å². The average molecular weight is 265 g/mol. The molecule has 104 valence electrons. The minimum Gasteiger partial charge on any atom is -0.382 e. The van der Waals surface area contributed by atoms with E-state index in [0.717, 1.165) is 6.07 Å². The van der Waals surface area contributed by atoms with Crippen molar-refractivity contribution in [2.24, 2.45) is 0 Å². The van der Waals surface area contributed by atoms with E-state index in [1.54, 1.807) is 0 Å². The number of hydrogen-bond acceptors (Lipinski definition) is 3. The summed E-state index contributed by atoms with van der Waals surface area (Å²) in [5.74, 6) is 0. The predicted octanol–water partition coefficient (Wildman–Crippen LogP) is 2.09. The van der Waals surface area contributed by atoms with Gasteiger partial charge in [0, 0.05) is 25.9 Å². The van der Waals surface area contributed by atoms with Crippen molar-refractivity contribution >= 4 is 0 Å². The smallest absolute Gasteiger partial charge is 0.382 e. The molecule has 1 atom stereocenters. The molecule has 18 heavy (non-hydrogen) atoms. The summed E-state index contributed by atoms with van der Waals surface area (Å²) in [7, 11) is 1.51. The van der Waals surface area contributed by atoms with Gasteiger partial charge in [-0.25, -0.2) is 0 Å². The van der Waals surface area contributed by atoms with Crippen LogP contribution in [-0.2, 0) is 10.9 Å². The Balaban J connectivity index is 2.76. The number of aromatic nitrogens is 2. The molecule has 0 bridgehead atoms. The van der Waals surface area contributed by atoms with Crippen LogP contribution in [0.1, 0.15) is 25.6 Å². The van der Waals surface area contributed by atoms with Crippen molar-refractivity contribution in [2.75, 3.05) is 20.3 Å². The van der Waals surface area contributed by atoms with Gasteiger partial charge in [-0.3, -0.25) is 4.68 Å².